The summed E-state index contributed by atoms with van der Waals surface area (Å²) in [6.07, 6.45) is -4.62. The minimum atomic E-state index is -4.62. The van der Waals surface area contributed by atoms with E-state index in [1.165, 1.54) is 50.4 Å². The minimum absolute atomic E-state index is 0.178. The van der Waals surface area contributed by atoms with Gasteiger partial charge in [-0.15, -0.1) is 0 Å². The fourth-order valence-electron chi connectivity index (χ4n) is 2.54. The maximum atomic E-state index is 13.4. The number of amides is 1. The van der Waals surface area contributed by atoms with Crippen molar-refractivity contribution in [3.63, 3.8) is 0 Å². The van der Waals surface area contributed by atoms with Crippen LogP contribution in [0, 0.1) is 0 Å². The monoisotopic (exact) mass is 349 g/mol. The Morgan fingerprint density at radius 2 is 1.84 bits per heavy atom. The van der Waals surface area contributed by atoms with Gasteiger partial charge < -0.3 is 10.1 Å². The van der Waals surface area contributed by atoms with E-state index in [0.717, 1.165) is 4.57 Å². The SMILES string of the molecule is COc1ccc2c(c1)nc(C(F)(F)F)n2-c1ccc(NC(C)=O)cc1. The summed E-state index contributed by atoms with van der Waals surface area (Å²) in [5.74, 6) is -0.862. The first-order chi connectivity index (χ1) is 11.8. The zero-order chi connectivity index (χ0) is 18.2. The smallest absolute Gasteiger partial charge is 0.450 e. The molecule has 0 spiro atoms. The predicted octanol–water partition coefficient (Wildman–Crippen LogP) is 4.01. The normalized spacial score (nSPS) is 11.6. The van der Waals surface area contributed by atoms with Crippen LogP contribution in [0.2, 0.25) is 0 Å². The highest BCUT2D eigenvalue weighted by molar-refractivity contribution is 5.88. The molecular weight excluding hydrogens is 335 g/mol. The number of halogens is 3. The highest BCUT2D eigenvalue weighted by Gasteiger charge is 2.38. The number of fused-ring (bicyclic) bond motifs is 1. The number of imidazole rings is 1. The summed E-state index contributed by atoms with van der Waals surface area (Å²) >= 11 is 0. The van der Waals surface area contributed by atoms with Crippen molar-refractivity contribution in [3.8, 4) is 11.4 Å². The third kappa shape index (κ3) is 3.28. The second-order valence-corrected chi connectivity index (χ2v) is 5.35. The molecule has 3 rings (SSSR count). The van der Waals surface area contributed by atoms with E-state index >= 15 is 0 Å². The Balaban J connectivity index is 2.17. The van der Waals surface area contributed by atoms with E-state index in [1.807, 2.05) is 0 Å². The largest absolute Gasteiger partial charge is 0.497 e. The number of ether oxygens (including phenoxy) is 1. The molecule has 0 aliphatic carbocycles. The first-order valence-corrected chi connectivity index (χ1v) is 7.31. The van der Waals surface area contributed by atoms with E-state index in [0.29, 0.717) is 17.0 Å². The van der Waals surface area contributed by atoms with Crippen LogP contribution in [0.1, 0.15) is 12.7 Å². The summed E-state index contributed by atoms with van der Waals surface area (Å²) < 4.78 is 46.4. The van der Waals surface area contributed by atoms with Crippen molar-refractivity contribution in [2.75, 3.05) is 12.4 Å². The van der Waals surface area contributed by atoms with E-state index in [9.17, 15) is 18.0 Å². The van der Waals surface area contributed by atoms with Crippen LogP contribution >= 0.6 is 0 Å². The number of hydrogen-bond donors (Lipinski definition) is 1. The summed E-state index contributed by atoms with van der Waals surface area (Å²) in [4.78, 5) is 14.8. The maximum absolute atomic E-state index is 13.4. The van der Waals surface area contributed by atoms with E-state index in [4.69, 9.17) is 4.74 Å². The molecule has 0 fully saturated rings. The zero-order valence-corrected chi connectivity index (χ0v) is 13.4. The van der Waals surface area contributed by atoms with Crippen molar-refractivity contribution in [2.45, 2.75) is 13.1 Å². The summed E-state index contributed by atoms with van der Waals surface area (Å²) in [6.45, 7) is 1.35. The maximum Gasteiger partial charge on any atom is 0.450 e. The molecule has 25 heavy (non-hydrogen) atoms. The van der Waals surface area contributed by atoms with Crippen LogP contribution in [-0.4, -0.2) is 22.6 Å². The molecule has 1 aromatic heterocycles. The van der Waals surface area contributed by atoms with Crippen LogP contribution in [0.3, 0.4) is 0 Å². The second kappa shape index (κ2) is 6.12. The van der Waals surface area contributed by atoms with Gasteiger partial charge in [-0.05, 0) is 36.4 Å². The van der Waals surface area contributed by atoms with Crippen molar-refractivity contribution >= 4 is 22.6 Å². The van der Waals surface area contributed by atoms with Crippen molar-refractivity contribution < 1.29 is 22.7 Å². The Bertz CT molecular complexity index is 931. The summed E-state index contributed by atoms with van der Waals surface area (Å²) in [6, 6.07) is 10.6. The van der Waals surface area contributed by atoms with Crippen molar-refractivity contribution in [3.05, 3.63) is 48.3 Å². The number of rotatable bonds is 3. The lowest BCUT2D eigenvalue weighted by Crippen LogP contribution is -2.14. The predicted molar refractivity (Wildman–Crippen MR) is 86.9 cm³/mol. The molecule has 0 atom stereocenters. The molecule has 1 heterocycles. The fraction of sp³-hybridized carbons (Fsp3) is 0.176. The number of carbonyl (C=O) groups is 1. The molecule has 0 radical (unpaired) electrons. The molecule has 130 valence electrons. The summed E-state index contributed by atoms with van der Waals surface area (Å²) in [5, 5.41) is 2.57. The first kappa shape index (κ1) is 16.8. The molecule has 3 aromatic rings. The first-order valence-electron chi connectivity index (χ1n) is 7.31. The van der Waals surface area contributed by atoms with E-state index in [1.54, 1.807) is 6.07 Å². The average molecular weight is 349 g/mol. The molecule has 0 bridgehead atoms. The third-order valence-electron chi connectivity index (χ3n) is 3.56. The van der Waals surface area contributed by atoms with Gasteiger partial charge in [0.1, 0.15) is 5.75 Å². The van der Waals surface area contributed by atoms with Gasteiger partial charge in [0.2, 0.25) is 11.7 Å². The molecule has 8 heteroatoms. The van der Waals surface area contributed by atoms with Crippen LogP contribution in [0.5, 0.6) is 5.75 Å². The quantitative estimate of drug-likeness (QED) is 0.777. The van der Waals surface area contributed by atoms with Gasteiger partial charge in [0.05, 0.1) is 18.1 Å². The molecular formula is C17H14F3N3O2. The van der Waals surface area contributed by atoms with Crippen LogP contribution < -0.4 is 10.1 Å². The number of carbonyl (C=O) groups excluding carboxylic acids is 1. The van der Waals surface area contributed by atoms with Gasteiger partial charge >= 0.3 is 6.18 Å². The van der Waals surface area contributed by atoms with Crippen LogP contribution in [0.4, 0.5) is 18.9 Å². The molecule has 5 nitrogen and oxygen atoms in total. The molecule has 1 amide bonds. The Morgan fingerprint density at radius 1 is 1.16 bits per heavy atom. The van der Waals surface area contributed by atoms with Crippen molar-refractivity contribution in [1.82, 2.24) is 9.55 Å². The van der Waals surface area contributed by atoms with E-state index < -0.39 is 12.0 Å². The lowest BCUT2D eigenvalue weighted by molar-refractivity contribution is -0.145. The second-order valence-electron chi connectivity index (χ2n) is 5.35. The highest BCUT2D eigenvalue weighted by Crippen LogP contribution is 2.35. The molecule has 0 saturated heterocycles. The lowest BCUT2D eigenvalue weighted by atomic mass is 10.2. The van der Waals surface area contributed by atoms with Gasteiger partial charge in [-0.2, -0.15) is 13.2 Å². The zero-order valence-electron chi connectivity index (χ0n) is 13.4. The third-order valence-corrected chi connectivity index (χ3v) is 3.56. The number of methoxy groups -OCH3 is 1. The van der Waals surface area contributed by atoms with Crippen LogP contribution in [0.15, 0.2) is 42.5 Å². The van der Waals surface area contributed by atoms with Gasteiger partial charge in [-0.3, -0.25) is 9.36 Å². The number of aromatic nitrogens is 2. The Kier molecular flexibility index (Phi) is 4.12. The van der Waals surface area contributed by atoms with E-state index in [-0.39, 0.29) is 17.1 Å². The summed E-state index contributed by atoms with van der Waals surface area (Å²) in [5.41, 5.74) is 1.27. The van der Waals surface area contributed by atoms with Gasteiger partial charge in [-0.25, -0.2) is 4.98 Å². The molecule has 1 N–H and O–H groups in total. The Morgan fingerprint density at radius 3 is 2.40 bits per heavy atom. The minimum Gasteiger partial charge on any atom is -0.497 e. The fourth-order valence-corrected chi connectivity index (χ4v) is 2.54. The number of anilines is 1. The molecule has 0 saturated carbocycles. The van der Waals surface area contributed by atoms with Gasteiger partial charge in [0, 0.05) is 24.4 Å². The number of nitrogens with one attached hydrogen (secondary N) is 1. The summed E-state index contributed by atoms with van der Waals surface area (Å²) in [7, 11) is 1.43. The number of benzene rings is 2. The van der Waals surface area contributed by atoms with Crippen LogP contribution in [0.25, 0.3) is 16.7 Å². The number of alkyl halides is 3. The molecule has 0 unspecified atom stereocenters. The number of hydrogen-bond acceptors (Lipinski definition) is 3. The van der Waals surface area contributed by atoms with Crippen molar-refractivity contribution in [2.24, 2.45) is 0 Å². The Hall–Kier alpha value is -3.03. The standard InChI is InChI=1S/C17H14F3N3O2/c1-10(24)21-11-3-5-12(6-4-11)23-15-8-7-13(25-2)9-14(15)22-16(23)17(18,19)20/h3-9H,1-2H3,(H,21,24). The molecule has 0 aliphatic heterocycles. The average Bonchev–Trinajstić information content (AvgIpc) is 2.94. The molecule has 0 aliphatic rings. The van der Waals surface area contributed by atoms with Gasteiger partial charge in [0.15, 0.2) is 0 Å². The van der Waals surface area contributed by atoms with Crippen LogP contribution in [-0.2, 0) is 11.0 Å². The topological polar surface area (TPSA) is 56.1 Å². The van der Waals surface area contributed by atoms with Crippen molar-refractivity contribution in [1.29, 1.82) is 0 Å². The van der Waals surface area contributed by atoms with Gasteiger partial charge in [0.25, 0.3) is 0 Å². The van der Waals surface area contributed by atoms with E-state index in [2.05, 4.69) is 10.3 Å². The lowest BCUT2D eigenvalue weighted by Gasteiger charge is -2.12. The number of nitrogens with zero attached hydrogens (tertiary/aromatic N) is 2. The Labute approximate surface area is 141 Å². The van der Waals surface area contributed by atoms with Gasteiger partial charge in [-0.1, -0.05) is 0 Å². The highest BCUT2D eigenvalue weighted by atomic mass is 19.4. The molecule has 2 aromatic carbocycles.